The number of fused-ring (bicyclic) bond motifs is 1. The number of imidazole rings is 1. The SMILES string of the molecule is CCCc1c(-c2cnc(NC3=CC=C(C)N=I3)c(Cl)c2)nc2c(F)cccn12. The Morgan fingerprint density at radius 3 is 2.89 bits per heavy atom. The number of pyridine rings is 2. The van der Waals surface area contributed by atoms with Gasteiger partial charge in [-0.2, -0.15) is 0 Å². The number of rotatable bonds is 5. The molecule has 1 N–H and O–H groups in total. The molecule has 144 valence electrons. The minimum Gasteiger partial charge on any atom is -0.333 e. The Bertz CT molecular complexity index is 1150. The second-order valence-corrected chi connectivity index (χ2v) is 8.91. The fraction of sp³-hybridized carbons (Fsp3) is 0.200. The molecule has 1 aliphatic rings. The van der Waals surface area contributed by atoms with Crippen molar-refractivity contribution in [1.82, 2.24) is 14.4 Å². The molecule has 3 aromatic heterocycles. The zero-order valence-corrected chi connectivity index (χ0v) is 18.3. The van der Waals surface area contributed by atoms with Crippen molar-refractivity contribution in [1.29, 1.82) is 0 Å². The molecule has 0 saturated heterocycles. The molecule has 5 nitrogen and oxygen atoms in total. The maximum atomic E-state index is 14.2. The molecule has 0 amide bonds. The highest BCUT2D eigenvalue weighted by molar-refractivity contribution is 14.2. The average molecular weight is 510 g/mol. The highest BCUT2D eigenvalue weighted by Gasteiger charge is 2.17. The second kappa shape index (κ2) is 8.08. The molecule has 4 heterocycles. The van der Waals surface area contributed by atoms with Crippen molar-refractivity contribution < 1.29 is 4.39 Å². The summed E-state index contributed by atoms with van der Waals surface area (Å²) < 4.78 is 21.5. The third-order valence-corrected chi connectivity index (χ3v) is 6.72. The summed E-state index contributed by atoms with van der Waals surface area (Å²) in [5.41, 5.74) is 3.80. The summed E-state index contributed by atoms with van der Waals surface area (Å²) in [5, 5.41) is 3.76. The fourth-order valence-electron chi connectivity index (χ4n) is 2.99. The van der Waals surface area contributed by atoms with Crippen molar-refractivity contribution in [3.05, 3.63) is 68.7 Å². The van der Waals surface area contributed by atoms with E-state index in [0.29, 0.717) is 22.2 Å². The van der Waals surface area contributed by atoms with Gasteiger partial charge in [-0.1, -0.05) is 24.9 Å². The van der Waals surface area contributed by atoms with Gasteiger partial charge in [-0.05, 0) is 43.7 Å². The maximum Gasteiger partial charge on any atom is 0.173 e. The molecule has 0 unspecified atom stereocenters. The normalized spacial score (nSPS) is 13.9. The minimum atomic E-state index is -0.460. The number of halogens is 3. The lowest BCUT2D eigenvalue weighted by Gasteiger charge is -2.10. The molecule has 0 saturated carbocycles. The van der Waals surface area contributed by atoms with Crippen LogP contribution in [-0.2, 0) is 6.42 Å². The van der Waals surface area contributed by atoms with Crippen molar-refractivity contribution in [2.75, 3.05) is 5.32 Å². The predicted molar refractivity (Wildman–Crippen MR) is 119 cm³/mol. The highest BCUT2D eigenvalue weighted by atomic mass is 127. The molecule has 0 bridgehead atoms. The molecule has 0 fully saturated rings. The van der Waals surface area contributed by atoms with Crippen LogP contribution < -0.4 is 5.32 Å². The number of aromatic nitrogens is 3. The van der Waals surface area contributed by atoms with Gasteiger partial charge in [0, 0.05) is 44.7 Å². The number of aryl methyl sites for hydroxylation is 1. The van der Waals surface area contributed by atoms with E-state index in [2.05, 4.69) is 25.4 Å². The van der Waals surface area contributed by atoms with Gasteiger partial charge in [0.1, 0.15) is 5.82 Å². The molecular weight excluding hydrogens is 492 g/mol. The lowest BCUT2D eigenvalue weighted by atomic mass is 10.1. The summed E-state index contributed by atoms with van der Waals surface area (Å²) in [4.78, 5) is 9.03. The first-order valence-corrected chi connectivity index (χ1v) is 11.3. The van der Waals surface area contributed by atoms with Crippen LogP contribution in [0.5, 0.6) is 0 Å². The predicted octanol–water partition coefficient (Wildman–Crippen LogP) is 6.47. The van der Waals surface area contributed by atoms with E-state index < -0.39 is 21.0 Å². The Hall–Kier alpha value is -2.13. The van der Waals surface area contributed by atoms with Crippen molar-refractivity contribution in [2.45, 2.75) is 26.7 Å². The molecule has 4 rings (SSSR count). The zero-order valence-electron chi connectivity index (χ0n) is 15.4. The largest absolute Gasteiger partial charge is 0.333 e. The molecule has 0 aliphatic carbocycles. The van der Waals surface area contributed by atoms with Gasteiger partial charge in [0.05, 0.1) is 20.1 Å². The summed E-state index contributed by atoms with van der Waals surface area (Å²) in [7, 11) is 0. The van der Waals surface area contributed by atoms with E-state index in [4.69, 9.17) is 11.6 Å². The van der Waals surface area contributed by atoms with E-state index in [1.165, 1.54) is 6.07 Å². The number of nitrogens with zero attached hydrogens (tertiary/aromatic N) is 4. The molecule has 0 radical (unpaired) electrons. The molecule has 8 heteroatoms. The first kappa shape index (κ1) is 19.2. The van der Waals surface area contributed by atoms with Gasteiger partial charge < -0.3 is 9.72 Å². The van der Waals surface area contributed by atoms with E-state index in [9.17, 15) is 4.39 Å². The first-order valence-electron chi connectivity index (χ1n) is 8.89. The van der Waals surface area contributed by atoms with Crippen LogP contribution in [0.15, 0.2) is 55.3 Å². The Balaban J connectivity index is 1.72. The topological polar surface area (TPSA) is 54.6 Å². The smallest absolute Gasteiger partial charge is 0.173 e. The third kappa shape index (κ3) is 3.73. The third-order valence-electron chi connectivity index (χ3n) is 4.28. The van der Waals surface area contributed by atoms with Gasteiger partial charge >= 0.3 is 0 Å². The molecule has 1 aliphatic heterocycles. The fourth-order valence-corrected chi connectivity index (χ4v) is 4.72. The monoisotopic (exact) mass is 509 g/mol. The van der Waals surface area contributed by atoms with Gasteiger partial charge in [0.15, 0.2) is 11.5 Å². The molecule has 28 heavy (non-hydrogen) atoms. The van der Waals surface area contributed by atoms with Crippen LogP contribution in [0.3, 0.4) is 0 Å². The number of allylic oxidation sites excluding steroid dienone is 3. The van der Waals surface area contributed by atoms with Crippen molar-refractivity contribution >= 4 is 44.1 Å². The number of anilines is 1. The van der Waals surface area contributed by atoms with E-state index in [1.807, 2.05) is 35.7 Å². The quantitative estimate of drug-likeness (QED) is 0.317. The molecule has 0 aromatic carbocycles. The van der Waals surface area contributed by atoms with E-state index >= 15 is 0 Å². The highest BCUT2D eigenvalue weighted by Crippen LogP contribution is 2.32. The van der Waals surface area contributed by atoms with Crippen LogP contribution in [0.4, 0.5) is 10.2 Å². The maximum absolute atomic E-state index is 14.2. The standard InChI is InChI=1S/C20H18ClFIN5/c1-3-5-16-18(26-20-15(22)6-4-9-28(16)20)13-10-14(21)19(24-11-13)25-17-8-7-12(2)27-23-17/h4,6-11H,3,5H2,1-2H3,(H,24,25). The van der Waals surface area contributed by atoms with E-state index in [0.717, 1.165) is 33.5 Å². The number of hydrogen-bond donors (Lipinski definition) is 1. The molecule has 3 aromatic rings. The first-order chi connectivity index (χ1) is 13.6. The van der Waals surface area contributed by atoms with Gasteiger partial charge in [0.2, 0.25) is 0 Å². The van der Waals surface area contributed by atoms with Crippen LogP contribution in [-0.4, -0.2) is 14.4 Å². The summed E-state index contributed by atoms with van der Waals surface area (Å²) in [6.45, 7) is 4.07. The van der Waals surface area contributed by atoms with Crippen LogP contribution in [0.2, 0.25) is 5.02 Å². The van der Waals surface area contributed by atoms with E-state index in [-0.39, 0.29) is 5.82 Å². The second-order valence-electron chi connectivity index (χ2n) is 6.38. The van der Waals surface area contributed by atoms with Gasteiger partial charge in [-0.3, -0.25) is 0 Å². The van der Waals surface area contributed by atoms with Crippen LogP contribution >= 0.6 is 32.6 Å². The average Bonchev–Trinajstić information content (AvgIpc) is 3.05. The molecule has 0 spiro atoms. The Kier molecular flexibility index (Phi) is 5.54. The van der Waals surface area contributed by atoms with Gasteiger partial charge in [-0.15, -0.1) is 0 Å². The van der Waals surface area contributed by atoms with Gasteiger partial charge in [0.25, 0.3) is 0 Å². The molecule has 0 atom stereocenters. The lowest BCUT2D eigenvalue weighted by molar-refractivity contribution is 0.629. The summed E-state index contributed by atoms with van der Waals surface area (Å²) in [6, 6.07) is 4.94. The number of nitrogens with one attached hydrogen (secondary N) is 1. The van der Waals surface area contributed by atoms with Crippen molar-refractivity contribution in [2.24, 2.45) is 3.15 Å². The Morgan fingerprint density at radius 1 is 1.32 bits per heavy atom. The van der Waals surface area contributed by atoms with Crippen molar-refractivity contribution in [3.63, 3.8) is 0 Å². The lowest BCUT2D eigenvalue weighted by Crippen LogP contribution is -1.99. The van der Waals surface area contributed by atoms with Crippen LogP contribution in [0.1, 0.15) is 26.0 Å². The summed E-state index contributed by atoms with van der Waals surface area (Å²) in [6.07, 6.45) is 9.26. The summed E-state index contributed by atoms with van der Waals surface area (Å²) >= 11 is 6.03. The zero-order chi connectivity index (χ0) is 19.7. The van der Waals surface area contributed by atoms with E-state index in [1.54, 1.807) is 12.3 Å². The summed E-state index contributed by atoms with van der Waals surface area (Å²) in [5.74, 6) is 0.246. The van der Waals surface area contributed by atoms with Gasteiger partial charge in [-0.25, -0.2) is 17.5 Å². The van der Waals surface area contributed by atoms with Crippen LogP contribution in [0.25, 0.3) is 16.9 Å². The molecular formula is C20H18ClFIN5. The Labute approximate surface area is 177 Å². The minimum absolute atomic E-state index is 0.320. The van der Waals surface area contributed by atoms with Crippen molar-refractivity contribution in [3.8, 4) is 11.3 Å². The number of hydrogen-bond acceptors (Lipinski definition) is 4. The van der Waals surface area contributed by atoms with Crippen LogP contribution in [0, 0.1) is 5.82 Å². The Morgan fingerprint density at radius 2 is 2.18 bits per heavy atom.